The van der Waals surface area contributed by atoms with Gasteiger partial charge in [0.05, 0.1) is 0 Å². The van der Waals surface area contributed by atoms with Crippen molar-refractivity contribution in [3.05, 3.63) is 57.8 Å². The van der Waals surface area contributed by atoms with E-state index in [2.05, 4.69) is 33.2 Å². The number of nitrogens with one attached hydrogen (secondary N) is 1. The minimum Gasteiger partial charge on any atom is -0.320 e. The summed E-state index contributed by atoms with van der Waals surface area (Å²) in [6.07, 6.45) is 2.49. The number of aryl methyl sites for hydroxylation is 2. The van der Waals surface area contributed by atoms with Crippen LogP contribution in [0.4, 0.5) is 5.69 Å². The van der Waals surface area contributed by atoms with Gasteiger partial charge in [-0.25, -0.2) is 0 Å². The Kier molecular flexibility index (Phi) is 4.32. The lowest BCUT2D eigenvalue weighted by Crippen LogP contribution is -2.15. The van der Waals surface area contributed by atoms with Gasteiger partial charge in [-0.2, -0.15) is 0 Å². The van der Waals surface area contributed by atoms with Crippen molar-refractivity contribution in [3.63, 3.8) is 0 Å². The number of amides is 1. The van der Waals surface area contributed by atoms with E-state index < -0.39 is 0 Å². The molecule has 3 nitrogen and oxygen atoms in total. The molecule has 1 aromatic heterocycles. The summed E-state index contributed by atoms with van der Waals surface area (Å²) in [5.41, 5.74) is 3.47. The van der Waals surface area contributed by atoms with Crippen LogP contribution < -0.4 is 5.32 Å². The third kappa shape index (κ3) is 3.20. The zero-order valence-electron chi connectivity index (χ0n) is 10.9. The van der Waals surface area contributed by atoms with Crippen LogP contribution in [-0.4, -0.2) is 10.9 Å². The molecule has 1 aromatic carbocycles. The van der Waals surface area contributed by atoms with Gasteiger partial charge in [0, 0.05) is 16.4 Å². The summed E-state index contributed by atoms with van der Waals surface area (Å²) in [5.74, 6) is -0.190. The lowest BCUT2D eigenvalue weighted by atomic mass is 10.1. The lowest BCUT2D eigenvalue weighted by Gasteiger charge is -2.12. The highest BCUT2D eigenvalue weighted by atomic mass is 79.9. The van der Waals surface area contributed by atoms with E-state index in [0.717, 1.165) is 27.7 Å². The minimum atomic E-state index is -0.190. The molecule has 0 saturated carbocycles. The molecule has 19 heavy (non-hydrogen) atoms. The predicted molar refractivity (Wildman–Crippen MR) is 80.4 cm³/mol. The Morgan fingerprint density at radius 1 is 1.37 bits per heavy atom. The number of rotatable bonds is 3. The van der Waals surface area contributed by atoms with Crippen molar-refractivity contribution in [1.82, 2.24) is 4.98 Å². The highest BCUT2D eigenvalue weighted by Gasteiger charge is 2.11. The summed E-state index contributed by atoms with van der Waals surface area (Å²) in [4.78, 5) is 16.3. The van der Waals surface area contributed by atoms with E-state index in [1.807, 2.05) is 25.1 Å². The Morgan fingerprint density at radius 3 is 2.84 bits per heavy atom. The highest BCUT2D eigenvalue weighted by Crippen LogP contribution is 2.22. The van der Waals surface area contributed by atoms with Crippen molar-refractivity contribution in [1.29, 1.82) is 0 Å². The van der Waals surface area contributed by atoms with Crippen LogP contribution in [0.3, 0.4) is 0 Å². The molecule has 1 heterocycles. The number of anilines is 1. The molecule has 0 spiro atoms. The fraction of sp³-hybridized carbons (Fsp3) is 0.200. The number of aromatic nitrogens is 1. The second-order valence-corrected chi connectivity index (χ2v) is 5.19. The summed E-state index contributed by atoms with van der Waals surface area (Å²) < 4.78 is 0.841. The first-order valence-corrected chi connectivity index (χ1v) is 6.92. The lowest BCUT2D eigenvalue weighted by molar-refractivity contribution is 0.102. The smallest absolute Gasteiger partial charge is 0.274 e. The summed E-state index contributed by atoms with van der Waals surface area (Å²) in [5, 5.41) is 2.95. The Balaban J connectivity index is 2.29. The molecule has 2 aromatic rings. The van der Waals surface area contributed by atoms with Crippen LogP contribution in [0.2, 0.25) is 0 Å². The van der Waals surface area contributed by atoms with Crippen molar-refractivity contribution in [2.75, 3.05) is 5.32 Å². The van der Waals surface area contributed by atoms with E-state index >= 15 is 0 Å². The second-order valence-electron chi connectivity index (χ2n) is 4.28. The molecule has 0 aliphatic heterocycles. The molecule has 0 fully saturated rings. The number of carbonyl (C=O) groups is 1. The Morgan fingerprint density at radius 2 is 2.16 bits per heavy atom. The van der Waals surface area contributed by atoms with Gasteiger partial charge >= 0.3 is 0 Å². The van der Waals surface area contributed by atoms with Gasteiger partial charge in [-0.3, -0.25) is 9.78 Å². The van der Waals surface area contributed by atoms with Crippen LogP contribution in [-0.2, 0) is 6.42 Å². The average Bonchev–Trinajstić information content (AvgIpc) is 2.41. The zero-order chi connectivity index (χ0) is 13.8. The predicted octanol–water partition coefficient (Wildman–Crippen LogP) is 3.97. The van der Waals surface area contributed by atoms with Crippen molar-refractivity contribution in [2.45, 2.75) is 20.3 Å². The van der Waals surface area contributed by atoms with Gasteiger partial charge in [0.2, 0.25) is 0 Å². The first-order chi connectivity index (χ1) is 9.11. The van der Waals surface area contributed by atoms with Gasteiger partial charge in [0.15, 0.2) is 0 Å². The van der Waals surface area contributed by atoms with Gasteiger partial charge in [-0.05, 0) is 36.6 Å². The number of nitrogens with zero attached hydrogens (tertiary/aromatic N) is 1. The van der Waals surface area contributed by atoms with Crippen molar-refractivity contribution in [3.8, 4) is 0 Å². The molecule has 2 rings (SSSR count). The molecule has 1 amide bonds. The first kappa shape index (κ1) is 13.7. The molecular formula is C15H15BrN2O. The molecule has 1 N–H and O–H groups in total. The number of hydrogen-bond donors (Lipinski definition) is 1. The molecule has 0 saturated heterocycles. The maximum Gasteiger partial charge on any atom is 0.274 e. The van der Waals surface area contributed by atoms with Crippen LogP contribution in [0.5, 0.6) is 0 Å². The minimum absolute atomic E-state index is 0.190. The SMILES string of the molecule is CCc1cccc(C)c1NC(=O)c1cc(Br)ccn1. The van der Waals surface area contributed by atoms with E-state index in [9.17, 15) is 4.79 Å². The quantitative estimate of drug-likeness (QED) is 0.930. The summed E-state index contributed by atoms with van der Waals surface area (Å²) in [6.45, 7) is 4.06. The zero-order valence-corrected chi connectivity index (χ0v) is 12.5. The Bertz CT molecular complexity index is 611. The third-order valence-corrected chi connectivity index (χ3v) is 3.43. The van der Waals surface area contributed by atoms with Gasteiger partial charge in [0.1, 0.15) is 5.69 Å². The number of para-hydroxylation sites is 1. The molecule has 0 aliphatic rings. The Labute approximate surface area is 121 Å². The standard InChI is InChI=1S/C15H15BrN2O/c1-3-11-6-4-5-10(2)14(11)18-15(19)13-9-12(16)7-8-17-13/h4-9H,3H2,1-2H3,(H,18,19). The van der Waals surface area contributed by atoms with E-state index in [-0.39, 0.29) is 5.91 Å². The fourth-order valence-corrected chi connectivity index (χ4v) is 2.24. The maximum atomic E-state index is 12.2. The largest absolute Gasteiger partial charge is 0.320 e. The van der Waals surface area contributed by atoms with Crippen molar-refractivity contribution < 1.29 is 4.79 Å². The van der Waals surface area contributed by atoms with E-state index in [1.165, 1.54) is 0 Å². The molecule has 4 heteroatoms. The summed E-state index contributed by atoms with van der Waals surface area (Å²) >= 11 is 3.34. The average molecular weight is 319 g/mol. The maximum absolute atomic E-state index is 12.2. The molecule has 0 radical (unpaired) electrons. The van der Waals surface area contributed by atoms with Crippen LogP contribution in [0.25, 0.3) is 0 Å². The van der Waals surface area contributed by atoms with Gasteiger partial charge in [-0.1, -0.05) is 41.1 Å². The highest BCUT2D eigenvalue weighted by molar-refractivity contribution is 9.10. The molecule has 98 valence electrons. The van der Waals surface area contributed by atoms with Crippen molar-refractivity contribution in [2.24, 2.45) is 0 Å². The number of benzene rings is 1. The van der Waals surface area contributed by atoms with E-state index in [4.69, 9.17) is 0 Å². The molecule has 0 aliphatic carbocycles. The van der Waals surface area contributed by atoms with Crippen LogP contribution in [0.1, 0.15) is 28.5 Å². The van der Waals surface area contributed by atoms with Crippen molar-refractivity contribution >= 4 is 27.5 Å². The topological polar surface area (TPSA) is 42.0 Å². The fourth-order valence-electron chi connectivity index (χ4n) is 1.91. The van der Waals surface area contributed by atoms with E-state index in [1.54, 1.807) is 18.3 Å². The monoisotopic (exact) mass is 318 g/mol. The number of hydrogen-bond acceptors (Lipinski definition) is 2. The van der Waals surface area contributed by atoms with Crippen LogP contribution in [0, 0.1) is 6.92 Å². The van der Waals surface area contributed by atoms with Crippen LogP contribution >= 0.6 is 15.9 Å². The second kappa shape index (κ2) is 5.97. The van der Waals surface area contributed by atoms with E-state index in [0.29, 0.717) is 5.69 Å². The molecule has 0 bridgehead atoms. The molecular weight excluding hydrogens is 304 g/mol. The van der Waals surface area contributed by atoms with Gasteiger partial charge in [-0.15, -0.1) is 0 Å². The normalized spacial score (nSPS) is 10.3. The number of halogens is 1. The Hall–Kier alpha value is -1.68. The van der Waals surface area contributed by atoms with Crippen LogP contribution in [0.15, 0.2) is 41.0 Å². The molecule has 0 unspecified atom stereocenters. The van der Waals surface area contributed by atoms with Gasteiger partial charge in [0.25, 0.3) is 5.91 Å². The molecule has 0 atom stereocenters. The number of carbonyl (C=O) groups excluding carboxylic acids is 1. The summed E-state index contributed by atoms with van der Waals surface area (Å²) in [7, 11) is 0. The van der Waals surface area contributed by atoms with Gasteiger partial charge < -0.3 is 5.32 Å². The third-order valence-electron chi connectivity index (χ3n) is 2.93. The number of pyridine rings is 1. The summed E-state index contributed by atoms with van der Waals surface area (Å²) in [6, 6.07) is 9.52. The first-order valence-electron chi connectivity index (χ1n) is 6.13.